The Balaban J connectivity index is 1.81. The molecule has 30 heavy (non-hydrogen) atoms. The summed E-state index contributed by atoms with van der Waals surface area (Å²) in [6, 6.07) is 11.8. The fourth-order valence-electron chi connectivity index (χ4n) is 3.39. The van der Waals surface area contributed by atoms with Gasteiger partial charge in [0.25, 0.3) is 0 Å². The van der Waals surface area contributed by atoms with Crippen LogP contribution in [0, 0.1) is 0 Å². The van der Waals surface area contributed by atoms with E-state index >= 15 is 0 Å². The van der Waals surface area contributed by atoms with Crippen molar-refractivity contribution in [3.63, 3.8) is 0 Å². The maximum atomic E-state index is 11.7. The molecule has 0 aliphatic rings. The average molecular weight is 398 g/mol. The molecule has 6 heteroatoms. The zero-order valence-corrected chi connectivity index (χ0v) is 16.9. The third-order valence-electron chi connectivity index (χ3n) is 4.95. The van der Waals surface area contributed by atoms with Crippen molar-refractivity contribution in [2.24, 2.45) is 0 Å². The van der Waals surface area contributed by atoms with Crippen LogP contribution < -0.4 is 10.1 Å². The van der Waals surface area contributed by atoms with Crippen LogP contribution >= 0.6 is 0 Å². The van der Waals surface area contributed by atoms with E-state index in [4.69, 9.17) is 4.74 Å². The van der Waals surface area contributed by atoms with Crippen molar-refractivity contribution in [1.29, 1.82) is 0 Å². The van der Waals surface area contributed by atoms with Gasteiger partial charge >= 0.3 is 0 Å². The molecule has 4 rings (SSSR count). The Morgan fingerprint density at radius 1 is 1.17 bits per heavy atom. The van der Waals surface area contributed by atoms with Gasteiger partial charge < -0.3 is 15.0 Å². The Morgan fingerprint density at radius 2 is 2.03 bits per heavy atom. The summed E-state index contributed by atoms with van der Waals surface area (Å²) in [5.41, 5.74) is 6.45. The Hall–Kier alpha value is -3.93. The fraction of sp³-hybridized carbons (Fsp3) is 0.125. The van der Waals surface area contributed by atoms with Crippen LogP contribution in [0.1, 0.15) is 12.6 Å². The second-order valence-electron chi connectivity index (χ2n) is 6.86. The Labute approximate surface area is 174 Å². The predicted molar refractivity (Wildman–Crippen MR) is 120 cm³/mol. The lowest BCUT2D eigenvalue weighted by molar-refractivity contribution is -0.111. The number of rotatable bonds is 6. The van der Waals surface area contributed by atoms with Crippen LogP contribution in [0.15, 0.2) is 67.6 Å². The molecule has 0 aliphatic heterocycles. The number of amides is 1. The van der Waals surface area contributed by atoms with E-state index in [1.165, 1.54) is 6.08 Å². The van der Waals surface area contributed by atoms with Crippen LogP contribution in [0.3, 0.4) is 0 Å². The number of pyridine rings is 2. The highest BCUT2D eigenvalue weighted by Gasteiger charge is 2.11. The van der Waals surface area contributed by atoms with E-state index in [0.717, 1.165) is 45.4 Å². The van der Waals surface area contributed by atoms with Gasteiger partial charge in [-0.25, -0.2) is 4.98 Å². The van der Waals surface area contributed by atoms with E-state index in [1.807, 2.05) is 30.6 Å². The van der Waals surface area contributed by atoms with Gasteiger partial charge in [0.15, 0.2) is 0 Å². The van der Waals surface area contributed by atoms with Gasteiger partial charge in [-0.05, 0) is 54.0 Å². The number of carbonyl (C=O) groups is 1. The topological polar surface area (TPSA) is 79.9 Å². The summed E-state index contributed by atoms with van der Waals surface area (Å²) in [7, 11) is 1.60. The molecule has 0 spiro atoms. The molecular formula is C24H22N4O2. The van der Waals surface area contributed by atoms with E-state index in [-0.39, 0.29) is 5.91 Å². The first-order valence-electron chi connectivity index (χ1n) is 9.66. The van der Waals surface area contributed by atoms with Gasteiger partial charge in [0.05, 0.1) is 7.11 Å². The van der Waals surface area contributed by atoms with E-state index < -0.39 is 0 Å². The van der Waals surface area contributed by atoms with E-state index in [0.29, 0.717) is 11.4 Å². The molecule has 1 amide bonds. The molecule has 0 bridgehead atoms. The first-order chi connectivity index (χ1) is 14.6. The number of aromatic amines is 1. The van der Waals surface area contributed by atoms with E-state index in [1.54, 1.807) is 19.4 Å². The minimum atomic E-state index is -0.278. The summed E-state index contributed by atoms with van der Waals surface area (Å²) in [6.07, 6.45) is 7.72. The second-order valence-corrected chi connectivity index (χ2v) is 6.86. The Kier molecular flexibility index (Phi) is 5.30. The van der Waals surface area contributed by atoms with Gasteiger partial charge in [0.1, 0.15) is 11.4 Å². The molecule has 0 saturated carbocycles. The standard InChI is InChI=1S/C24H22N4O2/c1-4-18-8-15(6-7-25-18)22-14-27-24-21(22)11-17(13-26-24)16-9-19(28-23(29)5-2)12-20(10-16)30-3/h5-14H,2,4H2,1,3H3,(H,26,27)(H,28,29). The number of hydrogen-bond acceptors (Lipinski definition) is 4. The predicted octanol–water partition coefficient (Wildman–Crippen LogP) is 4.99. The third-order valence-corrected chi connectivity index (χ3v) is 4.95. The van der Waals surface area contributed by atoms with Crippen molar-refractivity contribution in [3.8, 4) is 28.0 Å². The van der Waals surface area contributed by atoms with Crippen LogP contribution in [0.5, 0.6) is 5.75 Å². The number of carbonyl (C=O) groups excluding carboxylic acids is 1. The number of methoxy groups -OCH3 is 1. The second kappa shape index (κ2) is 8.21. The van der Waals surface area contributed by atoms with Crippen LogP contribution in [0.4, 0.5) is 5.69 Å². The highest BCUT2D eigenvalue weighted by molar-refractivity contribution is 6.00. The molecule has 0 atom stereocenters. The fourth-order valence-corrected chi connectivity index (χ4v) is 3.39. The molecule has 1 aromatic carbocycles. The molecular weight excluding hydrogens is 376 g/mol. The van der Waals surface area contributed by atoms with Crippen molar-refractivity contribution < 1.29 is 9.53 Å². The smallest absolute Gasteiger partial charge is 0.247 e. The lowest BCUT2D eigenvalue weighted by atomic mass is 10.0. The number of hydrogen-bond donors (Lipinski definition) is 2. The van der Waals surface area contributed by atoms with E-state index in [9.17, 15) is 4.79 Å². The van der Waals surface area contributed by atoms with Gasteiger partial charge in [0.2, 0.25) is 5.91 Å². The van der Waals surface area contributed by atoms with Crippen molar-refractivity contribution >= 4 is 22.6 Å². The molecule has 0 saturated heterocycles. The largest absolute Gasteiger partial charge is 0.497 e. The number of aryl methyl sites for hydroxylation is 1. The molecule has 3 aromatic heterocycles. The van der Waals surface area contributed by atoms with Crippen molar-refractivity contribution in [2.75, 3.05) is 12.4 Å². The normalized spacial score (nSPS) is 10.7. The molecule has 3 heterocycles. The van der Waals surface area contributed by atoms with Gasteiger partial charge in [-0.1, -0.05) is 13.5 Å². The monoisotopic (exact) mass is 398 g/mol. The first kappa shape index (κ1) is 19.4. The van der Waals surface area contributed by atoms with Crippen molar-refractivity contribution in [1.82, 2.24) is 15.0 Å². The molecule has 0 radical (unpaired) electrons. The van der Waals surface area contributed by atoms with Crippen LogP contribution in [0.2, 0.25) is 0 Å². The van der Waals surface area contributed by atoms with Crippen molar-refractivity contribution in [3.05, 3.63) is 73.3 Å². The number of aromatic nitrogens is 3. The van der Waals surface area contributed by atoms with Gasteiger partial charge in [-0.2, -0.15) is 0 Å². The summed E-state index contributed by atoms with van der Waals surface area (Å²) in [5.74, 6) is 0.364. The maximum absolute atomic E-state index is 11.7. The quantitative estimate of drug-likeness (QED) is 0.449. The lowest BCUT2D eigenvalue weighted by Gasteiger charge is -2.10. The highest BCUT2D eigenvalue weighted by Crippen LogP contribution is 2.33. The number of H-pyrrole nitrogens is 1. The van der Waals surface area contributed by atoms with Gasteiger partial charge in [0, 0.05) is 52.6 Å². The Bertz CT molecular complexity index is 1240. The molecule has 6 nitrogen and oxygen atoms in total. The summed E-state index contributed by atoms with van der Waals surface area (Å²) < 4.78 is 5.41. The maximum Gasteiger partial charge on any atom is 0.247 e. The minimum absolute atomic E-state index is 0.278. The zero-order chi connectivity index (χ0) is 21.1. The summed E-state index contributed by atoms with van der Waals surface area (Å²) in [5, 5.41) is 3.80. The van der Waals surface area contributed by atoms with Crippen molar-refractivity contribution in [2.45, 2.75) is 13.3 Å². The SMILES string of the molecule is C=CC(=O)Nc1cc(OC)cc(-c2cnc3[nH]cc(-c4ccnc(CC)c4)c3c2)c1. The van der Waals surface area contributed by atoms with Gasteiger partial charge in [-0.15, -0.1) is 0 Å². The van der Waals surface area contributed by atoms with Crippen LogP contribution in [0.25, 0.3) is 33.3 Å². The molecule has 0 fully saturated rings. The van der Waals surface area contributed by atoms with Gasteiger partial charge in [-0.3, -0.25) is 9.78 Å². The third kappa shape index (κ3) is 3.80. The summed E-state index contributed by atoms with van der Waals surface area (Å²) in [6.45, 7) is 5.59. The highest BCUT2D eigenvalue weighted by atomic mass is 16.5. The molecule has 0 unspecified atom stereocenters. The number of nitrogens with zero attached hydrogens (tertiary/aromatic N) is 2. The number of nitrogens with one attached hydrogen (secondary N) is 2. The number of ether oxygens (including phenoxy) is 1. The molecule has 4 aromatic rings. The zero-order valence-electron chi connectivity index (χ0n) is 16.9. The molecule has 0 aliphatic carbocycles. The van der Waals surface area contributed by atoms with Crippen LogP contribution in [-0.2, 0) is 11.2 Å². The van der Waals surface area contributed by atoms with Crippen LogP contribution in [-0.4, -0.2) is 28.0 Å². The summed E-state index contributed by atoms with van der Waals surface area (Å²) in [4.78, 5) is 24.0. The number of fused-ring (bicyclic) bond motifs is 1. The average Bonchev–Trinajstić information content (AvgIpc) is 3.22. The molecule has 2 N–H and O–H groups in total. The molecule has 150 valence electrons. The Morgan fingerprint density at radius 3 is 2.80 bits per heavy atom. The first-order valence-corrected chi connectivity index (χ1v) is 9.66. The summed E-state index contributed by atoms with van der Waals surface area (Å²) >= 11 is 0. The minimum Gasteiger partial charge on any atom is -0.497 e. The number of anilines is 1. The lowest BCUT2D eigenvalue weighted by Crippen LogP contribution is -2.07. The number of benzene rings is 1. The van der Waals surface area contributed by atoms with E-state index in [2.05, 4.69) is 45.9 Å².